The zero-order chi connectivity index (χ0) is 22.7. The quantitative estimate of drug-likeness (QED) is 0.689. The molecule has 0 radical (unpaired) electrons. The molecular formula is C26H32FN3O2. The average molecular weight is 438 g/mol. The molecule has 2 fully saturated rings. The van der Waals surface area contributed by atoms with Crippen LogP contribution in [-0.2, 0) is 4.79 Å². The van der Waals surface area contributed by atoms with Gasteiger partial charge in [-0.2, -0.15) is 0 Å². The maximum absolute atomic E-state index is 13.5. The summed E-state index contributed by atoms with van der Waals surface area (Å²) in [5.74, 6) is 0.367. The number of rotatable bonds is 6. The fraction of sp³-hybridized carbons (Fsp3) is 0.462. The highest BCUT2D eigenvalue weighted by atomic mass is 19.1. The number of hydrogen-bond donors (Lipinski definition) is 0. The second-order valence-corrected chi connectivity index (χ2v) is 9.24. The third-order valence-corrected chi connectivity index (χ3v) is 6.72. The largest absolute Gasteiger partial charge is 0.339 e. The van der Waals surface area contributed by atoms with Crippen LogP contribution in [0.25, 0.3) is 11.1 Å². The van der Waals surface area contributed by atoms with E-state index in [1.807, 2.05) is 35.2 Å². The first-order chi connectivity index (χ1) is 15.4. The van der Waals surface area contributed by atoms with Gasteiger partial charge in [0.05, 0.1) is 0 Å². The highest BCUT2D eigenvalue weighted by Gasteiger charge is 2.40. The second-order valence-electron chi connectivity index (χ2n) is 9.24. The molecule has 2 aliphatic heterocycles. The van der Waals surface area contributed by atoms with Crippen molar-refractivity contribution in [2.45, 2.75) is 31.7 Å². The average Bonchev–Trinajstić information content (AvgIpc) is 2.79. The lowest BCUT2D eigenvalue weighted by Crippen LogP contribution is -2.57. The van der Waals surface area contributed by atoms with Crippen LogP contribution in [-0.4, -0.2) is 72.8 Å². The Morgan fingerprint density at radius 3 is 2.59 bits per heavy atom. The van der Waals surface area contributed by atoms with Gasteiger partial charge in [-0.25, -0.2) is 4.39 Å². The van der Waals surface area contributed by atoms with Crippen molar-refractivity contribution in [1.29, 1.82) is 0 Å². The maximum Gasteiger partial charge on any atom is 0.253 e. The number of benzene rings is 2. The minimum absolute atomic E-state index is 0.0327. The van der Waals surface area contributed by atoms with E-state index in [0.29, 0.717) is 31.0 Å². The molecule has 6 heteroatoms. The summed E-state index contributed by atoms with van der Waals surface area (Å²) < 4.78 is 13.5. The number of hydrogen-bond acceptors (Lipinski definition) is 3. The number of likely N-dealkylation sites (tertiary alicyclic amines) is 2. The predicted molar refractivity (Wildman–Crippen MR) is 124 cm³/mol. The van der Waals surface area contributed by atoms with Crippen molar-refractivity contribution < 1.29 is 14.0 Å². The molecule has 0 N–H and O–H groups in total. The van der Waals surface area contributed by atoms with Crippen LogP contribution in [0, 0.1) is 11.7 Å². The van der Waals surface area contributed by atoms with Gasteiger partial charge in [0.15, 0.2) is 0 Å². The van der Waals surface area contributed by atoms with Crippen LogP contribution in [0.3, 0.4) is 0 Å². The van der Waals surface area contributed by atoms with Gasteiger partial charge < -0.3 is 14.7 Å². The van der Waals surface area contributed by atoms with Gasteiger partial charge in [-0.3, -0.25) is 9.59 Å². The van der Waals surface area contributed by atoms with Gasteiger partial charge in [-0.05, 0) is 81.2 Å². The number of carbonyl (C=O) groups excluding carboxylic acids is 2. The summed E-state index contributed by atoms with van der Waals surface area (Å²) in [6, 6.07) is 14.1. The zero-order valence-electron chi connectivity index (χ0n) is 19.0. The summed E-state index contributed by atoms with van der Waals surface area (Å²) >= 11 is 0. The van der Waals surface area contributed by atoms with Crippen molar-refractivity contribution >= 4 is 11.8 Å². The Kier molecular flexibility index (Phi) is 6.89. The molecule has 0 unspecified atom stereocenters. The molecule has 2 aliphatic rings. The molecule has 0 saturated carbocycles. The molecule has 0 aliphatic carbocycles. The van der Waals surface area contributed by atoms with E-state index in [1.54, 1.807) is 6.07 Å². The molecule has 0 aromatic heterocycles. The number of fused-ring (bicyclic) bond motifs is 1. The van der Waals surface area contributed by atoms with Gasteiger partial charge in [0.1, 0.15) is 5.82 Å². The molecule has 4 rings (SSSR count). The Hall–Kier alpha value is -2.73. The third kappa shape index (κ3) is 5.01. The van der Waals surface area contributed by atoms with Crippen molar-refractivity contribution in [3.63, 3.8) is 0 Å². The zero-order valence-corrected chi connectivity index (χ0v) is 19.0. The van der Waals surface area contributed by atoms with Gasteiger partial charge in [0.25, 0.3) is 5.91 Å². The molecule has 170 valence electrons. The lowest BCUT2D eigenvalue weighted by atomic mass is 9.83. The van der Waals surface area contributed by atoms with E-state index in [0.717, 1.165) is 43.5 Å². The second kappa shape index (κ2) is 9.82. The first kappa shape index (κ1) is 22.5. The van der Waals surface area contributed by atoms with Gasteiger partial charge in [0, 0.05) is 37.7 Å². The first-order valence-corrected chi connectivity index (χ1v) is 11.5. The lowest BCUT2D eigenvalue weighted by molar-refractivity contribution is -0.140. The van der Waals surface area contributed by atoms with Crippen molar-refractivity contribution in [3.05, 3.63) is 59.9 Å². The van der Waals surface area contributed by atoms with Crippen LogP contribution < -0.4 is 0 Å². The van der Waals surface area contributed by atoms with Gasteiger partial charge in [0.2, 0.25) is 5.91 Å². The number of halogens is 1. The standard InChI is InChI=1S/C26H32FN3O2/c1-28(2)14-4-15-30-24-13-16-29(18-22(24)11-12-25(30)31)26(32)20-9-7-19(8-10-20)21-5-3-6-23(27)17-21/h3,5-10,17,22,24H,4,11-16,18H2,1-2H3/t22-,24+/m0/s1. The van der Waals surface area contributed by atoms with Gasteiger partial charge in [-0.1, -0.05) is 24.3 Å². The molecular weight excluding hydrogens is 405 g/mol. The van der Waals surface area contributed by atoms with Crippen molar-refractivity contribution in [3.8, 4) is 11.1 Å². The minimum atomic E-state index is -0.271. The SMILES string of the molecule is CN(C)CCCN1C(=O)CC[C@H]2CN(C(=O)c3ccc(-c4cccc(F)c4)cc3)CC[C@H]21. The number of nitrogens with zero attached hydrogens (tertiary/aromatic N) is 3. The molecule has 0 spiro atoms. The van der Waals surface area contributed by atoms with Crippen LogP contribution in [0.5, 0.6) is 0 Å². The lowest BCUT2D eigenvalue weighted by Gasteiger charge is -2.47. The summed E-state index contributed by atoms with van der Waals surface area (Å²) in [6.07, 6.45) is 3.25. The summed E-state index contributed by atoms with van der Waals surface area (Å²) in [4.78, 5) is 31.8. The Bertz CT molecular complexity index is 960. The van der Waals surface area contributed by atoms with Crippen LogP contribution >= 0.6 is 0 Å². The number of amides is 2. The smallest absolute Gasteiger partial charge is 0.253 e. The van der Waals surface area contributed by atoms with Crippen molar-refractivity contribution in [2.24, 2.45) is 5.92 Å². The van der Waals surface area contributed by atoms with Crippen molar-refractivity contribution in [2.75, 3.05) is 40.3 Å². The summed E-state index contributed by atoms with van der Waals surface area (Å²) in [7, 11) is 4.10. The molecule has 32 heavy (non-hydrogen) atoms. The number of piperidine rings is 2. The molecule has 2 atom stereocenters. The maximum atomic E-state index is 13.5. The molecule has 2 saturated heterocycles. The summed E-state index contributed by atoms with van der Waals surface area (Å²) in [5.41, 5.74) is 2.34. The fourth-order valence-corrected chi connectivity index (χ4v) is 5.04. The normalized spacial score (nSPS) is 21.1. The monoisotopic (exact) mass is 437 g/mol. The molecule has 2 heterocycles. The third-order valence-electron chi connectivity index (χ3n) is 6.72. The van der Waals surface area contributed by atoms with E-state index in [4.69, 9.17) is 0 Å². The predicted octanol–water partition coefficient (Wildman–Crippen LogP) is 3.90. The number of carbonyl (C=O) groups is 2. The van der Waals surface area contributed by atoms with Crippen LogP contribution in [0.4, 0.5) is 4.39 Å². The van der Waals surface area contributed by atoms with Crippen LogP contribution in [0.2, 0.25) is 0 Å². The van der Waals surface area contributed by atoms with E-state index in [-0.39, 0.29) is 23.7 Å². The van der Waals surface area contributed by atoms with Crippen molar-refractivity contribution in [1.82, 2.24) is 14.7 Å². The highest BCUT2D eigenvalue weighted by molar-refractivity contribution is 5.95. The van der Waals surface area contributed by atoms with E-state index in [9.17, 15) is 14.0 Å². The van der Waals surface area contributed by atoms with Crippen LogP contribution in [0.1, 0.15) is 36.0 Å². The first-order valence-electron chi connectivity index (χ1n) is 11.5. The Morgan fingerprint density at radius 2 is 1.88 bits per heavy atom. The fourth-order valence-electron chi connectivity index (χ4n) is 5.04. The summed E-state index contributed by atoms with van der Waals surface area (Å²) in [6.45, 7) is 3.14. The van der Waals surface area contributed by atoms with E-state index >= 15 is 0 Å². The minimum Gasteiger partial charge on any atom is -0.339 e. The molecule has 2 amide bonds. The molecule has 2 aromatic rings. The van der Waals surface area contributed by atoms with Gasteiger partial charge in [-0.15, -0.1) is 0 Å². The Labute approximate surface area is 189 Å². The Balaban J connectivity index is 1.39. The summed E-state index contributed by atoms with van der Waals surface area (Å²) in [5, 5.41) is 0. The van der Waals surface area contributed by atoms with Gasteiger partial charge >= 0.3 is 0 Å². The van der Waals surface area contributed by atoms with E-state index in [2.05, 4.69) is 23.9 Å². The van der Waals surface area contributed by atoms with E-state index < -0.39 is 0 Å². The Morgan fingerprint density at radius 1 is 1.09 bits per heavy atom. The highest BCUT2D eigenvalue weighted by Crippen LogP contribution is 2.32. The van der Waals surface area contributed by atoms with Crippen LogP contribution in [0.15, 0.2) is 48.5 Å². The molecule has 2 aromatic carbocycles. The van der Waals surface area contributed by atoms with E-state index in [1.165, 1.54) is 12.1 Å². The topological polar surface area (TPSA) is 43.9 Å². The molecule has 0 bridgehead atoms. The molecule has 5 nitrogen and oxygen atoms in total.